The van der Waals surface area contributed by atoms with Gasteiger partial charge in [0.1, 0.15) is 6.10 Å². The summed E-state index contributed by atoms with van der Waals surface area (Å²) in [5.41, 5.74) is 0. The molecule has 6 atom stereocenters. The van der Waals surface area contributed by atoms with Crippen LogP contribution in [0.1, 0.15) is 167 Å². The van der Waals surface area contributed by atoms with Gasteiger partial charge in [-0.1, -0.05) is 64.2 Å². The number of rotatable bonds is 12. The minimum atomic E-state index is -0.812. The van der Waals surface area contributed by atoms with E-state index in [0.29, 0.717) is 43.3 Å². The molecule has 48 heavy (non-hydrogen) atoms. The first-order valence-electron chi connectivity index (χ1n) is 20.8. The Morgan fingerprint density at radius 3 is 1.65 bits per heavy atom. The van der Waals surface area contributed by atoms with Crippen molar-refractivity contribution in [3.63, 3.8) is 0 Å². The molecular formula is C41H68O7. The van der Waals surface area contributed by atoms with Crippen molar-refractivity contribution in [1.82, 2.24) is 0 Å². The van der Waals surface area contributed by atoms with E-state index >= 15 is 0 Å². The molecule has 0 aromatic heterocycles. The maximum atomic E-state index is 13.3. The van der Waals surface area contributed by atoms with Crippen LogP contribution >= 0.6 is 0 Å². The zero-order valence-corrected chi connectivity index (χ0v) is 30.0. The van der Waals surface area contributed by atoms with Crippen molar-refractivity contribution >= 4 is 11.9 Å². The van der Waals surface area contributed by atoms with E-state index in [9.17, 15) is 20.0 Å². The van der Waals surface area contributed by atoms with E-state index in [1.165, 1.54) is 89.9 Å². The second-order valence-corrected chi connectivity index (χ2v) is 17.6. The van der Waals surface area contributed by atoms with Gasteiger partial charge in [0.2, 0.25) is 0 Å². The summed E-state index contributed by atoms with van der Waals surface area (Å²) in [5.74, 6) is 2.44. The summed E-state index contributed by atoms with van der Waals surface area (Å²) >= 11 is 0. The molecule has 0 aromatic carbocycles. The molecule has 2 N–H and O–H groups in total. The quantitative estimate of drug-likeness (QED) is 0.121. The number of esters is 1. The maximum absolute atomic E-state index is 13.3. The number of aliphatic carboxylic acids is 1. The first-order valence-corrected chi connectivity index (χ1v) is 20.8. The monoisotopic (exact) mass is 672 g/mol. The van der Waals surface area contributed by atoms with Crippen LogP contribution in [-0.4, -0.2) is 47.2 Å². The van der Waals surface area contributed by atoms with Crippen molar-refractivity contribution in [2.45, 2.75) is 185 Å². The molecule has 0 amide bonds. The summed E-state index contributed by atoms with van der Waals surface area (Å²) in [6.45, 7) is 0.396. The van der Waals surface area contributed by atoms with Crippen LogP contribution in [0, 0.1) is 53.3 Å². The molecule has 0 saturated heterocycles. The van der Waals surface area contributed by atoms with Crippen molar-refractivity contribution in [3.05, 3.63) is 0 Å². The Bertz CT molecular complexity index is 973. The predicted octanol–water partition coefficient (Wildman–Crippen LogP) is 10.00. The average molecular weight is 673 g/mol. The Hall–Kier alpha value is -1.18. The van der Waals surface area contributed by atoms with E-state index < -0.39 is 17.8 Å². The second-order valence-electron chi connectivity index (χ2n) is 17.6. The van der Waals surface area contributed by atoms with Gasteiger partial charge in [-0.3, -0.25) is 14.8 Å². The van der Waals surface area contributed by atoms with Gasteiger partial charge in [-0.2, -0.15) is 0 Å². The molecule has 0 aliphatic heterocycles. The van der Waals surface area contributed by atoms with Gasteiger partial charge in [0.25, 0.3) is 0 Å². The van der Waals surface area contributed by atoms with Crippen LogP contribution in [-0.2, 0) is 24.0 Å². The molecule has 0 spiro atoms. The Morgan fingerprint density at radius 2 is 1.08 bits per heavy atom. The maximum Gasteiger partial charge on any atom is 0.310 e. The van der Waals surface area contributed by atoms with E-state index in [2.05, 4.69) is 0 Å². The summed E-state index contributed by atoms with van der Waals surface area (Å²) in [5, 5.41) is 19.4. The van der Waals surface area contributed by atoms with Crippen LogP contribution in [0.4, 0.5) is 0 Å². The smallest absolute Gasteiger partial charge is 0.310 e. The molecule has 6 unspecified atom stereocenters. The zero-order valence-electron chi connectivity index (χ0n) is 30.0. The second kappa shape index (κ2) is 18.4. The molecule has 6 fully saturated rings. The predicted molar refractivity (Wildman–Crippen MR) is 186 cm³/mol. The standard InChI is InChI=1S/C41H68O7/c42-40(43)38-26-31(24-29-9-5-2-6-10-29)11-21-37(38)41(44)48-36-19-15-33(16-20-36)32-13-17-35(18-14-32)47-39-22-12-30(25-34(39)27-46-45)23-28-7-3-1-4-8-28/h28-39,45H,1-27H2,(H,42,43). The molecule has 6 saturated carbocycles. The molecule has 6 rings (SSSR count). The Balaban J connectivity index is 0.888. The highest BCUT2D eigenvalue weighted by Crippen LogP contribution is 2.44. The molecule has 7 nitrogen and oxygen atoms in total. The van der Waals surface area contributed by atoms with Crippen molar-refractivity contribution in [2.24, 2.45) is 53.3 Å². The van der Waals surface area contributed by atoms with Crippen LogP contribution in [0.15, 0.2) is 0 Å². The van der Waals surface area contributed by atoms with Crippen LogP contribution < -0.4 is 0 Å². The van der Waals surface area contributed by atoms with Crippen LogP contribution in [0.3, 0.4) is 0 Å². The number of carboxylic acids is 1. The van der Waals surface area contributed by atoms with Crippen molar-refractivity contribution in [2.75, 3.05) is 6.61 Å². The van der Waals surface area contributed by atoms with Crippen LogP contribution in [0.2, 0.25) is 0 Å². The Morgan fingerprint density at radius 1 is 0.542 bits per heavy atom. The van der Waals surface area contributed by atoms with Gasteiger partial charge in [0.15, 0.2) is 0 Å². The summed E-state index contributed by atoms with van der Waals surface area (Å²) in [6.07, 6.45) is 31.0. The van der Waals surface area contributed by atoms with E-state index in [4.69, 9.17) is 14.4 Å². The molecule has 7 heteroatoms. The Labute approximate surface area is 290 Å². The summed E-state index contributed by atoms with van der Waals surface area (Å²) in [7, 11) is 0. The van der Waals surface area contributed by atoms with E-state index in [0.717, 1.165) is 87.9 Å². The highest BCUT2D eigenvalue weighted by Gasteiger charge is 2.42. The number of hydrogen-bond acceptors (Lipinski definition) is 6. The fraction of sp³-hybridized carbons (Fsp3) is 0.951. The highest BCUT2D eigenvalue weighted by molar-refractivity contribution is 5.81. The Kier molecular flexibility index (Phi) is 14.0. The largest absolute Gasteiger partial charge is 0.481 e. The lowest BCUT2D eigenvalue weighted by molar-refractivity contribution is -0.262. The fourth-order valence-corrected chi connectivity index (χ4v) is 11.7. The first kappa shape index (κ1) is 36.6. The van der Waals surface area contributed by atoms with E-state index in [1.807, 2.05) is 0 Å². The van der Waals surface area contributed by atoms with Crippen molar-refractivity contribution in [3.8, 4) is 0 Å². The lowest BCUT2D eigenvalue weighted by atomic mass is 9.70. The van der Waals surface area contributed by atoms with Crippen LogP contribution in [0.25, 0.3) is 0 Å². The molecule has 6 aliphatic rings. The van der Waals surface area contributed by atoms with Gasteiger partial charge in [-0.15, -0.1) is 0 Å². The lowest BCUT2D eigenvalue weighted by Crippen LogP contribution is -2.40. The summed E-state index contributed by atoms with van der Waals surface area (Å²) < 4.78 is 12.8. The molecule has 0 aromatic rings. The molecule has 6 aliphatic carbocycles. The third-order valence-corrected chi connectivity index (χ3v) is 14.4. The first-order chi connectivity index (χ1) is 23.4. The minimum absolute atomic E-state index is 0.0539. The van der Waals surface area contributed by atoms with Gasteiger partial charge in [-0.25, -0.2) is 4.89 Å². The molecule has 0 radical (unpaired) electrons. The minimum Gasteiger partial charge on any atom is -0.481 e. The SMILES string of the molecule is O=C(O)C1CC(CC2CCCCC2)CCC1C(=O)OC1CCC(C2CCC(OC3CCC(CC4CCCCC4)CC3COO)CC2)CC1. The van der Waals surface area contributed by atoms with E-state index in [-0.39, 0.29) is 18.2 Å². The van der Waals surface area contributed by atoms with Gasteiger partial charge in [-0.05, 0) is 138 Å². The van der Waals surface area contributed by atoms with Gasteiger partial charge < -0.3 is 14.6 Å². The molecular weight excluding hydrogens is 604 g/mol. The number of hydrogen-bond donors (Lipinski definition) is 2. The van der Waals surface area contributed by atoms with Crippen molar-refractivity contribution < 1.29 is 34.3 Å². The number of ether oxygens (including phenoxy) is 2. The molecule has 274 valence electrons. The number of carbonyl (C=O) groups is 2. The highest BCUT2D eigenvalue weighted by atomic mass is 17.1. The normalized spacial score (nSPS) is 39.1. The van der Waals surface area contributed by atoms with Gasteiger partial charge in [0.05, 0.1) is 30.7 Å². The number of carboxylic acid groups (broad SMARTS) is 1. The third-order valence-electron chi connectivity index (χ3n) is 14.4. The third kappa shape index (κ3) is 10.2. The average Bonchev–Trinajstić information content (AvgIpc) is 3.11. The van der Waals surface area contributed by atoms with Gasteiger partial charge >= 0.3 is 11.9 Å². The number of carbonyl (C=O) groups excluding carboxylic acids is 1. The zero-order chi connectivity index (χ0) is 33.3. The van der Waals surface area contributed by atoms with Gasteiger partial charge in [0, 0.05) is 5.92 Å². The lowest BCUT2D eigenvalue weighted by Gasteiger charge is -2.41. The topological polar surface area (TPSA) is 102 Å². The fourth-order valence-electron chi connectivity index (χ4n) is 11.7. The van der Waals surface area contributed by atoms with Crippen LogP contribution in [0.5, 0.6) is 0 Å². The molecule has 0 heterocycles. The molecule has 0 bridgehead atoms. The van der Waals surface area contributed by atoms with Crippen molar-refractivity contribution in [1.29, 1.82) is 0 Å². The summed E-state index contributed by atoms with van der Waals surface area (Å²) in [4.78, 5) is 30.3. The summed E-state index contributed by atoms with van der Waals surface area (Å²) in [6, 6.07) is 0. The van der Waals surface area contributed by atoms with E-state index in [1.54, 1.807) is 0 Å².